The van der Waals surface area contributed by atoms with E-state index in [2.05, 4.69) is 25.3 Å². The van der Waals surface area contributed by atoms with E-state index in [4.69, 9.17) is 9.26 Å². The van der Waals surface area contributed by atoms with Crippen LogP contribution in [-0.2, 0) is 4.74 Å². The van der Waals surface area contributed by atoms with Crippen LogP contribution in [0.4, 0.5) is 5.82 Å². The van der Waals surface area contributed by atoms with Crippen LogP contribution in [-0.4, -0.2) is 58.4 Å². The largest absolute Gasteiger partial charge is 0.379 e. The summed E-state index contributed by atoms with van der Waals surface area (Å²) in [6.07, 6.45) is 6.40. The number of rotatable bonds is 4. The van der Waals surface area contributed by atoms with Crippen LogP contribution in [0.3, 0.4) is 0 Å². The molecular formula is C18H27N5O2. The van der Waals surface area contributed by atoms with Crippen molar-refractivity contribution in [3.05, 3.63) is 11.5 Å². The average molecular weight is 345 g/mol. The van der Waals surface area contributed by atoms with Gasteiger partial charge in [-0.1, -0.05) is 24.4 Å². The van der Waals surface area contributed by atoms with Crippen molar-refractivity contribution in [1.82, 2.24) is 20.0 Å². The first-order valence-electron chi connectivity index (χ1n) is 9.35. The lowest BCUT2D eigenvalue weighted by Crippen LogP contribution is -2.58. The van der Waals surface area contributed by atoms with Crippen molar-refractivity contribution in [2.24, 2.45) is 0 Å². The van der Waals surface area contributed by atoms with E-state index in [-0.39, 0.29) is 5.54 Å². The average Bonchev–Trinajstić information content (AvgIpc) is 3.02. The van der Waals surface area contributed by atoms with Crippen LogP contribution >= 0.6 is 0 Å². The van der Waals surface area contributed by atoms with Crippen molar-refractivity contribution in [1.29, 1.82) is 0 Å². The Morgan fingerprint density at radius 1 is 1.08 bits per heavy atom. The molecule has 25 heavy (non-hydrogen) atoms. The maximum atomic E-state index is 5.57. The number of hydrogen-bond donors (Lipinski definition) is 1. The van der Waals surface area contributed by atoms with Gasteiger partial charge in [-0.05, 0) is 26.7 Å². The molecule has 1 saturated carbocycles. The van der Waals surface area contributed by atoms with Gasteiger partial charge in [-0.3, -0.25) is 4.90 Å². The van der Waals surface area contributed by atoms with E-state index in [9.17, 15) is 0 Å². The lowest BCUT2D eigenvalue weighted by Gasteiger charge is -2.48. The predicted molar refractivity (Wildman–Crippen MR) is 95.8 cm³/mol. The minimum atomic E-state index is 0.193. The topological polar surface area (TPSA) is 76.3 Å². The zero-order chi connectivity index (χ0) is 17.3. The van der Waals surface area contributed by atoms with E-state index in [0.29, 0.717) is 11.5 Å². The van der Waals surface area contributed by atoms with Crippen molar-refractivity contribution >= 4 is 16.9 Å². The number of aromatic nitrogens is 3. The number of nitrogens with zero attached hydrogens (tertiary/aromatic N) is 4. The smallest absolute Gasteiger partial charge is 0.263 e. The molecule has 0 atom stereocenters. The molecule has 0 bridgehead atoms. The van der Waals surface area contributed by atoms with Crippen molar-refractivity contribution in [2.45, 2.75) is 51.5 Å². The SMILES string of the molecule is Cc1nc(NCC2(N3CCOCC3)CCCCC2)c2c(C)noc2n1. The highest BCUT2D eigenvalue weighted by Crippen LogP contribution is 2.35. The number of hydrogen-bond acceptors (Lipinski definition) is 7. The lowest BCUT2D eigenvalue weighted by atomic mass is 9.79. The molecule has 1 saturated heterocycles. The Kier molecular flexibility index (Phi) is 4.60. The van der Waals surface area contributed by atoms with Crippen LogP contribution in [0.2, 0.25) is 0 Å². The molecule has 1 aliphatic heterocycles. The van der Waals surface area contributed by atoms with Gasteiger partial charge >= 0.3 is 0 Å². The summed E-state index contributed by atoms with van der Waals surface area (Å²) in [5, 5.41) is 8.59. The first-order valence-corrected chi connectivity index (χ1v) is 9.35. The summed E-state index contributed by atoms with van der Waals surface area (Å²) < 4.78 is 10.9. The second-order valence-electron chi connectivity index (χ2n) is 7.31. The number of anilines is 1. The summed E-state index contributed by atoms with van der Waals surface area (Å²) in [5.41, 5.74) is 1.59. The maximum absolute atomic E-state index is 5.57. The number of nitrogens with one attached hydrogen (secondary N) is 1. The molecule has 1 N–H and O–H groups in total. The highest BCUT2D eigenvalue weighted by Gasteiger charge is 2.38. The quantitative estimate of drug-likeness (QED) is 0.913. The predicted octanol–water partition coefficient (Wildman–Crippen LogP) is 2.68. The summed E-state index contributed by atoms with van der Waals surface area (Å²) in [6.45, 7) is 8.43. The number of morpholine rings is 1. The molecule has 3 heterocycles. The molecule has 2 aliphatic rings. The minimum Gasteiger partial charge on any atom is -0.379 e. The Morgan fingerprint density at radius 2 is 1.84 bits per heavy atom. The van der Waals surface area contributed by atoms with E-state index >= 15 is 0 Å². The minimum absolute atomic E-state index is 0.193. The molecule has 0 unspecified atom stereocenters. The molecule has 136 valence electrons. The van der Waals surface area contributed by atoms with Crippen LogP contribution in [0, 0.1) is 13.8 Å². The first-order chi connectivity index (χ1) is 12.2. The Labute approximate surface area is 148 Å². The summed E-state index contributed by atoms with van der Waals surface area (Å²) >= 11 is 0. The van der Waals surface area contributed by atoms with Gasteiger partial charge < -0.3 is 14.6 Å². The number of ether oxygens (including phenoxy) is 1. The molecule has 0 amide bonds. The van der Waals surface area contributed by atoms with Crippen molar-refractivity contribution < 1.29 is 9.26 Å². The van der Waals surface area contributed by atoms with Gasteiger partial charge in [0.2, 0.25) is 0 Å². The van der Waals surface area contributed by atoms with E-state index in [0.717, 1.165) is 49.7 Å². The third-order valence-electron chi connectivity index (χ3n) is 5.67. The van der Waals surface area contributed by atoms with Gasteiger partial charge in [0.1, 0.15) is 17.0 Å². The Morgan fingerprint density at radius 3 is 2.60 bits per heavy atom. The zero-order valence-corrected chi connectivity index (χ0v) is 15.2. The van der Waals surface area contributed by atoms with E-state index in [1.54, 1.807) is 0 Å². The third-order valence-corrected chi connectivity index (χ3v) is 5.67. The van der Waals surface area contributed by atoms with Gasteiger partial charge in [0, 0.05) is 25.2 Å². The van der Waals surface area contributed by atoms with Gasteiger partial charge in [-0.15, -0.1) is 0 Å². The highest BCUT2D eigenvalue weighted by molar-refractivity contribution is 5.87. The lowest BCUT2D eigenvalue weighted by molar-refractivity contribution is -0.0318. The van der Waals surface area contributed by atoms with Gasteiger partial charge in [0.15, 0.2) is 0 Å². The normalized spacial score (nSPS) is 21.5. The fourth-order valence-electron chi connectivity index (χ4n) is 4.32. The molecule has 1 aliphatic carbocycles. The number of fused-ring (bicyclic) bond motifs is 1. The zero-order valence-electron chi connectivity index (χ0n) is 15.2. The summed E-state index contributed by atoms with van der Waals surface area (Å²) in [7, 11) is 0. The van der Waals surface area contributed by atoms with Gasteiger partial charge in [-0.25, -0.2) is 4.98 Å². The second-order valence-corrected chi connectivity index (χ2v) is 7.31. The van der Waals surface area contributed by atoms with Gasteiger partial charge in [0.05, 0.1) is 18.9 Å². The van der Waals surface area contributed by atoms with E-state index in [1.165, 1.54) is 32.1 Å². The Balaban J connectivity index is 1.60. The van der Waals surface area contributed by atoms with Gasteiger partial charge in [-0.2, -0.15) is 4.98 Å². The molecule has 2 fully saturated rings. The van der Waals surface area contributed by atoms with Crippen LogP contribution < -0.4 is 5.32 Å². The molecule has 0 radical (unpaired) electrons. The fourth-order valence-corrected chi connectivity index (χ4v) is 4.32. The molecule has 7 heteroatoms. The summed E-state index contributed by atoms with van der Waals surface area (Å²) in [6, 6.07) is 0. The Hall–Kier alpha value is -1.73. The molecule has 4 rings (SSSR count). The molecule has 0 spiro atoms. The van der Waals surface area contributed by atoms with Crippen LogP contribution in [0.15, 0.2) is 4.52 Å². The van der Waals surface area contributed by atoms with Crippen LogP contribution in [0.5, 0.6) is 0 Å². The van der Waals surface area contributed by atoms with Crippen LogP contribution in [0.1, 0.15) is 43.6 Å². The fraction of sp³-hybridized carbons (Fsp3) is 0.722. The Bertz CT molecular complexity index is 732. The van der Waals surface area contributed by atoms with Crippen molar-refractivity contribution in [3.8, 4) is 0 Å². The number of aryl methyl sites for hydroxylation is 2. The van der Waals surface area contributed by atoms with Gasteiger partial charge in [0.25, 0.3) is 5.71 Å². The second kappa shape index (κ2) is 6.88. The molecule has 2 aromatic heterocycles. The molecule has 0 aromatic carbocycles. The van der Waals surface area contributed by atoms with Crippen molar-refractivity contribution in [2.75, 3.05) is 38.2 Å². The molecule has 2 aromatic rings. The standard InChI is InChI=1S/C18H27N5O2/c1-13-15-16(20-14(2)21-17(15)25-22-13)19-12-18(6-4-3-5-7-18)23-8-10-24-11-9-23/h3-12H2,1-2H3,(H,19,20,21). The highest BCUT2D eigenvalue weighted by atomic mass is 16.5. The first kappa shape index (κ1) is 16.7. The maximum Gasteiger partial charge on any atom is 0.263 e. The monoisotopic (exact) mass is 345 g/mol. The van der Waals surface area contributed by atoms with E-state index in [1.807, 2.05) is 13.8 Å². The van der Waals surface area contributed by atoms with Crippen molar-refractivity contribution in [3.63, 3.8) is 0 Å². The summed E-state index contributed by atoms with van der Waals surface area (Å²) in [5.74, 6) is 1.55. The molecule has 7 nitrogen and oxygen atoms in total. The molecular weight excluding hydrogens is 318 g/mol. The third kappa shape index (κ3) is 3.22. The van der Waals surface area contributed by atoms with E-state index < -0.39 is 0 Å². The summed E-state index contributed by atoms with van der Waals surface area (Å²) in [4.78, 5) is 11.6. The van der Waals surface area contributed by atoms with Crippen LogP contribution in [0.25, 0.3) is 11.1 Å².